The molecule has 0 aliphatic carbocycles. The molecule has 0 saturated carbocycles. The largest absolute Gasteiger partial charge is 0.478 e. The summed E-state index contributed by atoms with van der Waals surface area (Å²) in [5, 5.41) is 9.50. The lowest BCUT2D eigenvalue weighted by Crippen LogP contribution is -2.15. The second kappa shape index (κ2) is 7.26. The SMILES string of the molecule is C#Cc1c(C(=O)O)cccc1-c1ccc2c(c1)C(c1ccc(C)s1)=CC(C)(C)S2. The number of carboxylic acids is 1. The van der Waals surface area contributed by atoms with Crippen molar-refractivity contribution in [3.63, 3.8) is 0 Å². The van der Waals surface area contributed by atoms with Gasteiger partial charge in [0.25, 0.3) is 0 Å². The van der Waals surface area contributed by atoms with Crippen LogP contribution < -0.4 is 0 Å². The molecule has 0 atom stereocenters. The Morgan fingerprint density at radius 1 is 1.10 bits per heavy atom. The fourth-order valence-corrected chi connectivity index (χ4v) is 5.70. The smallest absolute Gasteiger partial charge is 0.336 e. The zero-order valence-electron chi connectivity index (χ0n) is 16.4. The summed E-state index contributed by atoms with van der Waals surface area (Å²) in [7, 11) is 0. The first-order chi connectivity index (χ1) is 13.8. The minimum Gasteiger partial charge on any atom is -0.478 e. The molecule has 1 N–H and O–H groups in total. The Bertz CT molecular complexity index is 1210. The van der Waals surface area contributed by atoms with Crippen LogP contribution in [0.3, 0.4) is 0 Å². The lowest BCUT2D eigenvalue weighted by molar-refractivity contribution is 0.0696. The van der Waals surface area contributed by atoms with Gasteiger partial charge in [0.05, 0.1) is 5.56 Å². The first-order valence-corrected chi connectivity index (χ1v) is 10.9. The van der Waals surface area contributed by atoms with Crippen molar-refractivity contribution in [3.8, 4) is 23.5 Å². The number of rotatable bonds is 3. The maximum Gasteiger partial charge on any atom is 0.336 e. The molecule has 2 nitrogen and oxygen atoms in total. The highest BCUT2D eigenvalue weighted by molar-refractivity contribution is 8.01. The van der Waals surface area contributed by atoms with Gasteiger partial charge in [-0.1, -0.05) is 30.2 Å². The fourth-order valence-electron chi connectivity index (χ4n) is 3.64. The average molecular weight is 417 g/mol. The monoisotopic (exact) mass is 416 g/mol. The Labute approximate surface area is 179 Å². The molecule has 1 aromatic heterocycles. The molecular weight excluding hydrogens is 396 g/mol. The number of thioether (sulfide) groups is 1. The third-order valence-electron chi connectivity index (χ3n) is 4.89. The Kier molecular flexibility index (Phi) is 4.90. The van der Waals surface area contributed by atoms with Crippen LogP contribution in [0.15, 0.2) is 59.5 Å². The Morgan fingerprint density at radius 2 is 1.90 bits per heavy atom. The summed E-state index contributed by atoms with van der Waals surface area (Å²) < 4.78 is -0.00502. The molecule has 0 amide bonds. The van der Waals surface area contributed by atoms with Crippen molar-refractivity contribution in [1.82, 2.24) is 0 Å². The van der Waals surface area contributed by atoms with Crippen molar-refractivity contribution in [3.05, 3.63) is 81.1 Å². The highest BCUT2D eigenvalue weighted by atomic mass is 32.2. The topological polar surface area (TPSA) is 37.3 Å². The minimum atomic E-state index is -1.01. The molecule has 3 aromatic rings. The van der Waals surface area contributed by atoms with Crippen molar-refractivity contribution in [2.45, 2.75) is 30.4 Å². The van der Waals surface area contributed by atoms with Gasteiger partial charge in [-0.15, -0.1) is 29.5 Å². The van der Waals surface area contributed by atoms with Crippen LogP contribution in [0.5, 0.6) is 0 Å². The lowest BCUT2D eigenvalue weighted by atomic mass is 9.92. The number of hydrogen-bond acceptors (Lipinski definition) is 3. The van der Waals surface area contributed by atoms with Gasteiger partial charge in [-0.3, -0.25) is 0 Å². The third kappa shape index (κ3) is 3.64. The number of aryl methyl sites for hydroxylation is 1. The first kappa shape index (κ1) is 19.6. The van der Waals surface area contributed by atoms with Crippen LogP contribution in [0.25, 0.3) is 16.7 Å². The summed E-state index contributed by atoms with van der Waals surface area (Å²) in [6.07, 6.45) is 8.02. The number of terminal acetylenes is 1. The van der Waals surface area contributed by atoms with Gasteiger partial charge in [-0.05, 0) is 73.4 Å². The molecule has 2 heterocycles. The maximum absolute atomic E-state index is 11.6. The zero-order chi connectivity index (χ0) is 20.8. The van der Waals surface area contributed by atoms with Crippen LogP contribution >= 0.6 is 23.1 Å². The molecule has 1 aliphatic rings. The molecular formula is C25H20O2S2. The van der Waals surface area contributed by atoms with Gasteiger partial charge in [0, 0.05) is 25.0 Å². The van der Waals surface area contributed by atoms with E-state index in [0.29, 0.717) is 5.56 Å². The predicted octanol–water partition coefficient (Wildman–Crippen LogP) is 6.72. The van der Waals surface area contributed by atoms with Crippen LogP contribution in [0, 0.1) is 19.3 Å². The summed E-state index contributed by atoms with van der Waals surface area (Å²) in [6, 6.07) is 15.8. The summed E-state index contributed by atoms with van der Waals surface area (Å²) in [5.41, 5.74) is 4.66. The molecule has 4 heteroatoms. The molecule has 0 saturated heterocycles. The van der Waals surface area contributed by atoms with E-state index in [-0.39, 0.29) is 10.3 Å². The predicted molar refractivity (Wildman–Crippen MR) is 123 cm³/mol. The number of carbonyl (C=O) groups is 1. The molecule has 1 aliphatic heterocycles. The number of thiophene rings is 1. The van der Waals surface area contributed by atoms with E-state index in [4.69, 9.17) is 6.42 Å². The van der Waals surface area contributed by atoms with E-state index in [1.165, 1.54) is 20.2 Å². The summed E-state index contributed by atoms with van der Waals surface area (Å²) in [4.78, 5) is 15.3. The van der Waals surface area contributed by atoms with Gasteiger partial charge < -0.3 is 5.11 Å². The van der Waals surface area contributed by atoms with Crippen LogP contribution in [0.1, 0.15) is 45.1 Å². The van der Waals surface area contributed by atoms with Crippen molar-refractivity contribution < 1.29 is 9.90 Å². The molecule has 0 spiro atoms. The summed E-state index contributed by atoms with van der Waals surface area (Å²) in [5.74, 6) is 1.58. The Morgan fingerprint density at radius 3 is 2.55 bits per heavy atom. The fraction of sp³-hybridized carbons (Fsp3) is 0.160. The average Bonchev–Trinajstić information content (AvgIpc) is 3.11. The van der Waals surface area contributed by atoms with Crippen molar-refractivity contribution in [2.24, 2.45) is 0 Å². The highest BCUT2D eigenvalue weighted by Gasteiger charge is 2.28. The molecule has 0 fully saturated rings. The second-order valence-corrected chi connectivity index (χ2v) is 10.5. The van der Waals surface area contributed by atoms with Crippen molar-refractivity contribution in [2.75, 3.05) is 0 Å². The summed E-state index contributed by atoms with van der Waals surface area (Å²) >= 11 is 3.62. The van der Waals surface area contributed by atoms with E-state index in [1.54, 1.807) is 23.5 Å². The number of carboxylic acid groups (broad SMARTS) is 1. The van der Waals surface area contributed by atoms with Crippen LogP contribution in [0.2, 0.25) is 0 Å². The van der Waals surface area contributed by atoms with Gasteiger partial charge in [-0.2, -0.15) is 0 Å². The molecule has 0 unspecified atom stereocenters. The van der Waals surface area contributed by atoms with Gasteiger partial charge in [0.15, 0.2) is 0 Å². The first-order valence-electron chi connectivity index (χ1n) is 9.25. The Balaban J connectivity index is 1.92. The highest BCUT2D eigenvalue weighted by Crippen LogP contribution is 2.48. The van der Waals surface area contributed by atoms with E-state index < -0.39 is 5.97 Å². The van der Waals surface area contributed by atoms with E-state index >= 15 is 0 Å². The number of hydrogen-bond donors (Lipinski definition) is 1. The number of aromatic carboxylic acids is 1. The van der Waals surface area contributed by atoms with Gasteiger partial charge >= 0.3 is 5.97 Å². The molecule has 0 radical (unpaired) electrons. The van der Waals surface area contributed by atoms with E-state index in [0.717, 1.165) is 16.7 Å². The van der Waals surface area contributed by atoms with Crippen LogP contribution in [-0.4, -0.2) is 15.8 Å². The van der Waals surface area contributed by atoms with Crippen molar-refractivity contribution in [1.29, 1.82) is 0 Å². The Hall–Kier alpha value is -2.74. The summed E-state index contributed by atoms with van der Waals surface area (Å²) in [6.45, 7) is 6.56. The van der Waals surface area contributed by atoms with E-state index in [1.807, 2.05) is 23.9 Å². The quantitative estimate of drug-likeness (QED) is 0.482. The lowest BCUT2D eigenvalue weighted by Gasteiger charge is -2.29. The number of fused-ring (bicyclic) bond motifs is 1. The number of benzene rings is 2. The minimum absolute atomic E-state index is 0.00502. The normalized spacial score (nSPS) is 14.6. The molecule has 144 valence electrons. The van der Waals surface area contributed by atoms with Crippen molar-refractivity contribution >= 4 is 34.6 Å². The van der Waals surface area contributed by atoms with Gasteiger partial charge in [0.1, 0.15) is 0 Å². The molecule has 4 rings (SSSR count). The molecule has 2 aromatic carbocycles. The standard InChI is InChI=1S/C25H20O2S2/c1-5-17-18(7-6-8-19(17)24(26)27)16-10-12-23-20(13-16)21(14-25(3,4)29-23)22-11-9-15(2)28-22/h1,6-14H,2-4H3,(H,26,27). The van der Waals surface area contributed by atoms with Gasteiger partial charge in [0.2, 0.25) is 0 Å². The maximum atomic E-state index is 11.6. The van der Waals surface area contributed by atoms with Crippen LogP contribution in [-0.2, 0) is 0 Å². The zero-order valence-corrected chi connectivity index (χ0v) is 18.1. The van der Waals surface area contributed by atoms with Crippen LogP contribution in [0.4, 0.5) is 0 Å². The van der Waals surface area contributed by atoms with E-state index in [2.05, 4.69) is 57.0 Å². The van der Waals surface area contributed by atoms with Gasteiger partial charge in [-0.25, -0.2) is 4.79 Å². The molecule has 0 bridgehead atoms. The second-order valence-electron chi connectivity index (χ2n) is 7.56. The third-order valence-corrected chi connectivity index (χ3v) is 7.14. The molecule has 29 heavy (non-hydrogen) atoms. The van der Waals surface area contributed by atoms with E-state index in [9.17, 15) is 9.90 Å².